The second-order valence-electron chi connectivity index (χ2n) is 5.08. The fraction of sp³-hybridized carbons (Fsp3) is 0.375. The number of para-hydroxylation sites is 1. The molecular weight excluding hydrogens is 250 g/mol. The third-order valence-corrected chi connectivity index (χ3v) is 3.91. The summed E-state index contributed by atoms with van der Waals surface area (Å²) in [6, 6.07) is 10.6. The zero-order valence-electron chi connectivity index (χ0n) is 11.6. The Morgan fingerprint density at radius 1 is 1.35 bits per heavy atom. The molecule has 0 amide bonds. The Kier molecular flexibility index (Phi) is 3.92. The Morgan fingerprint density at radius 2 is 2.25 bits per heavy atom. The van der Waals surface area contributed by atoms with E-state index in [1.165, 1.54) is 5.56 Å². The molecule has 2 aromatic rings. The smallest absolute Gasteiger partial charge is 0.122 e. The highest BCUT2D eigenvalue weighted by atomic mass is 16.5. The van der Waals surface area contributed by atoms with Gasteiger partial charge >= 0.3 is 0 Å². The van der Waals surface area contributed by atoms with Gasteiger partial charge in [0.05, 0.1) is 12.3 Å². The molecule has 1 aromatic heterocycles. The van der Waals surface area contributed by atoms with Gasteiger partial charge in [0.25, 0.3) is 0 Å². The van der Waals surface area contributed by atoms with Gasteiger partial charge in [-0.2, -0.15) is 0 Å². The van der Waals surface area contributed by atoms with Gasteiger partial charge in [-0.3, -0.25) is 0 Å². The Bertz CT molecular complexity index is 559. The molecule has 0 aliphatic carbocycles. The molecule has 4 nitrogen and oxygen atoms in total. The van der Waals surface area contributed by atoms with Crippen LogP contribution >= 0.6 is 0 Å². The van der Waals surface area contributed by atoms with Crippen LogP contribution in [0.1, 0.15) is 36.1 Å². The van der Waals surface area contributed by atoms with Gasteiger partial charge in [0.2, 0.25) is 0 Å². The van der Waals surface area contributed by atoms with Crippen molar-refractivity contribution in [2.45, 2.75) is 24.8 Å². The van der Waals surface area contributed by atoms with Crippen molar-refractivity contribution in [2.24, 2.45) is 0 Å². The van der Waals surface area contributed by atoms with E-state index in [0.717, 1.165) is 30.9 Å². The van der Waals surface area contributed by atoms with Crippen LogP contribution in [0.2, 0.25) is 0 Å². The molecule has 104 valence electrons. The molecule has 2 atom stereocenters. The van der Waals surface area contributed by atoms with Gasteiger partial charge in [-0.25, -0.2) is 9.97 Å². The standard InChI is InChI=1S/C16H19N3O/c1-17-15(14-6-8-18-11-19-14)10-12-7-9-20-16-5-3-2-4-13(12)16/h2-6,8,11-12,15,17H,7,9-10H2,1H3. The molecule has 0 bridgehead atoms. The van der Waals surface area contributed by atoms with E-state index in [2.05, 4.69) is 33.5 Å². The summed E-state index contributed by atoms with van der Waals surface area (Å²) in [5.74, 6) is 1.54. The third kappa shape index (κ3) is 2.65. The maximum Gasteiger partial charge on any atom is 0.122 e. The first-order valence-corrected chi connectivity index (χ1v) is 7.03. The molecule has 0 radical (unpaired) electrons. The Balaban J connectivity index is 1.81. The summed E-state index contributed by atoms with van der Waals surface area (Å²) in [5, 5.41) is 3.37. The number of nitrogens with zero attached hydrogens (tertiary/aromatic N) is 2. The van der Waals surface area contributed by atoms with Gasteiger partial charge in [-0.1, -0.05) is 18.2 Å². The van der Waals surface area contributed by atoms with Gasteiger partial charge in [-0.15, -0.1) is 0 Å². The van der Waals surface area contributed by atoms with E-state index in [1.54, 1.807) is 12.5 Å². The first-order valence-electron chi connectivity index (χ1n) is 7.03. The molecule has 2 heterocycles. The fourth-order valence-electron chi connectivity index (χ4n) is 2.84. The van der Waals surface area contributed by atoms with Gasteiger partial charge < -0.3 is 10.1 Å². The molecule has 4 heteroatoms. The Morgan fingerprint density at radius 3 is 3.05 bits per heavy atom. The number of benzene rings is 1. The molecular formula is C16H19N3O. The van der Waals surface area contributed by atoms with Crippen LogP contribution in [0.4, 0.5) is 0 Å². The zero-order chi connectivity index (χ0) is 13.8. The minimum Gasteiger partial charge on any atom is -0.493 e. The van der Waals surface area contributed by atoms with Crippen LogP contribution in [0.15, 0.2) is 42.9 Å². The summed E-state index contributed by atoms with van der Waals surface area (Å²) in [5.41, 5.74) is 2.36. The van der Waals surface area contributed by atoms with E-state index in [9.17, 15) is 0 Å². The molecule has 0 fully saturated rings. The second kappa shape index (κ2) is 6.01. The van der Waals surface area contributed by atoms with Crippen molar-refractivity contribution >= 4 is 0 Å². The van der Waals surface area contributed by atoms with E-state index in [0.29, 0.717) is 5.92 Å². The van der Waals surface area contributed by atoms with Crippen LogP contribution in [0.3, 0.4) is 0 Å². The number of rotatable bonds is 4. The highest BCUT2D eigenvalue weighted by Gasteiger charge is 2.24. The van der Waals surface area contributed by atoms with E-state index >= 15 is 0 Å². The molecule has 3 rings (SSSR count). The van der Waals surface area contributed by atoms with Crippen molar-refractivity contribution in [1.82, 2.24) is 15.3 Å². The van der Waals surface area contributed by atoms with Crippen LogP contribution in [0.25, 0.3) is 0 Å². The number of nitrogens with one attached hydrogen (secondary N) is 1. The van der Waals surface area contributed by atoms with Gasteiger partial charge in [-0.05, 0) is 43.5 Å². The lowest BCUT2D eigenvalue weighted by molar-refractivity contribution is 0.256. The van der Waals surface area contributed by atoms with Crippen LogP contribution in [0, 0.1) is 0 Å². The second-order valence-corrected chi connectivity index (χ2v) is 5.08. The van der Waals surface area contributed by atoms with Crippen LogP contribution in [-0.2, 0) is 0 Å². The first-order chi connectivity index (χ1) is 9.88. The monoisotopic (exact) mass is 269 g/mol. The average Bonchev–Trinajstić information content (AvgIpc) is 2.53. The van der Waals surface area contributed by atoms with Crippen molar-refractivity contribution < 1.29 is 4.74 Å². The van der Waals surface area contributed by atoms with Gasteiger partial charge in [0.15, 0.2) is 0 Å². The zero-order valence-corrected chi connectivity index (χ0v) is 11.6. The molecule has 0 saturated carbocycles. The van der Waals surface area contributed by atoms with Gasteiger partial charge in [0.1, 0.15) is 12.1 Å². The van der Waals surface area contributed by atoms with Crippen LogP contribution < -0.4 is 10.1 Å². The molecule has 1 aromatic carbocycles. The molecule has 1 aliphatic heterocycles. The fourth-order valence-corrected chi connectivity index (χ4v) is 2.84. The number of ether oxygens (including phenoxy) is 1. The highest BCUT2D eigenvalue weighted by Crippen LogP contribution is 2.38. The van der Waals surface area contributed by atoms with Crippen molar-refractivity contribution in [3.8, 4) is 5.75 Å². The van der Waals surface area contributed by atoms with E-state index < -0.39 is 0 Å². The molecule has 20 heavy (non-hydrogen) atoms. The Hall–Kier alpha value is -1.94. The minimum atomic E-state index is 0.245. The average molecular weight is 269 g/mol. The normalized spacial score (nSPS) is 18.9. The summed E-state index contributed by atoms with van der Waals surface area (Å²) in [6.07, 6.45) is 5.48. The minimum absolute atomic E-state index is 0.245. The van der Waals surface area contributed by atoms with E-state index in [4.69, 9.17) is 4.74 Å². The van der Waals surface area contributed by atoms with Crippen molar-refractivity contribution in [2.75, 3.05) is 13.7 Å². The SMILES string of the molecule is CNC(CC1CCOc2ccccc21)c1ccncn1. The third-order valence-electron chi connectivity index (χ3n) is 3.91. The number of hydrogen-bond donors (Lipinski definition) is 1. The van der Waals surface area contributed by atoms with Crippen molar-refractivity contribution in [1.29, 1.82) is 0 Å². The molecule has 1 N–H and O–H groups in total. The van der Waals surface area contributed by atoms with Crippen LogP contribution in [-0.4, -0.2) is 23.6 Å². The number of aromatic nitrogens is 2. The number of fused-ring (bicyclic) bond motifs is 1. The molecule has 1 aliphatic rings. The summed E-state index contributed by atoms with van der Waals surface area (Å²) >= 11 is 0. The van der Waals surface area contributed by atoms with E-state index in [1.807, 2.05) is 19.2 Å². The summed E-state index contributed by atoms with van der Waals surface area (Å²) < 4.78 is 5.73. The number of hydrogen-bond acceptors (Lipinski definition) is 4. The topological polar surface area (TPSA) is 47.0 Å². The lowest BCUT2D eigenvalue weighted by Crippen LogP contribution is -2.23. The predicted octanol–water partition coefficient (Wildman–Crippen LogP) is 2.69. The first kappa shape index (κ1) is 13.1. The lowest BCUT2D eigenvalue weighted by Gasteiger charge is -2.28. The summed E-state index contributed by atoms with van der Waals surface area (Å²) in [4.78, 5) is 8.35. The molecule has 0 spiro atoms. The maximum absolute atomic E-state index is 5.73. The largest absolute Gasteiger partial charge is 0.493 e. The van der Waals surface area contributed by atoms with Crippen LogP contribution in [0.5, 0.6) is 5.75 Å². The quantitative estimate of drug-likeness (QED) is 0.927. The summed E-state index contributed by atoms with van der Waals surface area (Å²) in [7, 11) is 1.98. The summed E-state index contributed by atoms with van der Waals surface area (Å²) in [6.45, 7) is 0.794. The Labute approximate surface area is 119 Å². The molecule has 0 saturated heterocycles. The van der Waals surface area contributed by atoms with E-state index in [-0.39, 0.29) is 6.04 Å². The van der Waals surface area contributed by atoms with Crippen molar-refractivity contribution in [3.05, 3.63) is 54.1 Å². The highest BCUT2D eigenvalue weighted by molar-refractivity contribution is 5.38. The molecule has 2 unspecified atom stereocenters. The van der Waals surface area contributed by atoms with Gasteiger partial charge in [0, 0.05) is 12.2 Å². The lowest BCUT2D eigenvalue weighted by atomic mass is 9.86. The predicted molar refractivity (Wildman–Crippen MR) is 77.7 cm³/mol. The maximum atomic E-state index is 5.73. The van der Waals surface area contributed by atoms with Crippen molar-refractivity contribution in [3.63, 3.8) is 0 Å².